The molecule has 0 spiro atoms. The molecule has 0 amide bonds. The van der Waals surface area contributed by atoms with E-state index in [4.69, 9.17) is 11.6 Å². The highest BCUT2D eigenvalue weighted by Crippen LogP contribution is 2.23. The molecule has 16 heavy (non-hydrogen) atoms. The zero-order valence-corrected chi connectivity index (χ0v) is 11.2. The van der Waals surface area contributed by atoms with Gasteiger partial charge in [0.25, 0.3) is 0 Å². The molecule has 0 aliphatic heterocycles. The van der Waals surface area contributed by atoms with Gasteiger partial charge in [0.1, 0.15) is 11.6 Å². The summed E-state index contributed by atoms with van der Waals surface area (Å²) < 4.78 is 27.3. The molecule has 0 aromatic heterocycles. The second-order valence-electron chi connectivity index (χ2n) is 3.53. The van der Waals surface area contributed by atoms with Gasteiger partial charge in [-0.2, -0.15) is 0 Å². The van der Waals surface area contributed by atoms with Gasteiger partial charge in [-0.15, -0.1) is 11.6 Å². The lowest BCUT2D eigenvalue weighted by Crippen LogP contribution is -1.98. The minimum atomic E-state index is -0.529. The second-order valence-corrected chi connectivity index (χ2v) is 4.76. The van der Waals surface area contributed by atoms with Crippen LogP contribution in [0.4, 0.5) is 8.78 Å². The van der Waals surface area contributed by atoms with Gasteiger partial charge in [-0.3, -0.25) is 0 Å². The van der Waals surface area contributed by atoms with Crippen molar-refractivity contribution in [2.75, 3.05) is 5.88 Å². The van der Waals surface area contributed by atoms with Crippen LogP contribution in [0.1, 0.15) is 18.9 Å². The first-order valence-electron chi connectivity index (χ1n) is 4.90. The fourth-order valence-corrected chi connectivity index (χ4v) is 1.86. The zero-order valence-electron chi connectivity index (χ0n) is 8.87. The van der Waals surface area contributed by atoms with Crippen molar-refractivity contribution in [3.63, 3.8) is 0 Å². The van der Waals surface area contributed by atoms with Crippen LogP contribution in [0.15, 0.2) is 28.3 Å². The van der Waals surface area contributed by atoms with Crippen molar-refractivity contribution in [1.82, 2.24) is 0 Å². The van der Waals surface area contributed by atoms with E-state index in [0.717, 1.165) is 5.57 Å². The molecular weight excluding hydrogens is 297 g/mol. The molecule has 0 saturated carbocycles. The van der Waals surface area contributed by atoms with Crippen molar-refractivity contribution < 1.29 is 8.78 Å². The average molecular weight is 310 g/mol. The number of benzene rings is 1. The molecule has 0 radical (unpaired) electrons. The minimum absolute atomic E-state index is 0.0951. The molecule has 0 bridgehead atoms. The summed E-state index contributed by atoms with van der Waals surface area (Å²) >= 11 is 8.58. The molecule has 0 saturated heterocycles. The first-order chi connectivity index (χ1) is 7.56. The Kier molecular flexibility index (Phi) is 5.42. The third-order valence-electron chi connectivity index (χ3n) is 2.20. The van der Waals surface area contributed by atoms with Crippen LogP contribution < -0.4 is 0 Å². The molecule has 0 heterocycles. The predicted octanol–water partition coefficient (Wildman–Crippen LogP) is 4.85. The van der Waals surface area contributed by atoms with E-state index < -0.39 is 11.6 Å². The zero-order chi connectivity index (χ0) is 12.1. The van der Waals surface area contributed by atoms with Crippen LogP contribution in [0.3, 0.4) is 0 Å². The lowest BCUT2D eigenvalue weighted by atomic mass is 10.0. The molecule has 0 aliphatic carbocycles. The fourth-order valence-electron chi connectivity index (χ4n) is 1.38. The summed E-state index contributed by atoms with van der Waals surface area (Å²) in [7, 11) is 0. The van der Waals surface area contributed by atoms with E-state index in [0.29, 0.717) is 12.3 Å². The average Bonchev–Trinajstić information content (AvgIpc) is 2.27. The Morgan fingerprint density at radius 1 is 1.44 bits per heavy atom. The SMILES string of the molecule is C/C(=C/CCCl)Cc1c(F)ccc(Br)c1F. The summed E-state index contributed by atoms with van der Waals surface area (Å²) in [6, 6.07) is 2.63. The maximum absolute atomic E-state index is 13.6. The van der Waals surface area contributed by atoms with Crippen LogP contribution in [0.2, 0.25) is 0 Å². The van der Waals surface area contributed by atoms with Crippen LogP contribution in [0, 0.1) is 11.6 Å². The molecule has 0 nitrogen and oxygen atoms in total. The van der Waals surface area contributed by atoms with Gasteiger partial charge in [-0.1, -0.05) is 11.6 Å². The van der Waals surface area contributed by atoms with E-state index in [2.05, 4.69) is 15.9 Å². The molecule has 1 aromatic carbocycles. The van der Waals surface area contributed by atoms with Crippen molar-refractivity contribution in [1.29, 1.82) is 0 Å². The summed E-state index contributed by atoms with van der Waals surface area (Å²) in [4.78, 5) is 0. The highest BCUT2D eigenvalue weighted by atomic mass is 79.9. The second kappa shape index (κ2) is 6.36. The Morgan fingerprint density at radius 2 is 2.12 bits per heavy atom. The van der Waals surface area contributed by atoms with Gasteiger partial charge >= 0.3 is 0 Å². The normalized spacial score (nSPS) is 11.9. The number of rotatable bonds is 4. The highest BCUT2D eigenvalue weighted by Gasteiger charge is 2.12. The minimum Gasteiger partial charge on any atom is -0.207 e. The highest BCUT2D eigenvalue weighted by molar-refractivity contribution is 9.10. The molecule has 0 atom stereocenters. The maximum Gasteiger partial charge on any atom is 0.143 e. The number of allylic oxidation sites excluding steroid dienone is 2. The first kappa shape index (κ1) is 13.7. The molecule has 0 fully saturated rings. The summed E-state index contributed by atoms with van der Waals surface area (Å²) in [5.41, 5.74) is 1.01. The topological polar surface area (TPSA) is 0 Å². The van der Waals surface area contributed by atoms with Crippen molar-refractivity contribution in [2.24, 2.45) is 0 Å². The maximum atomic E-state index is 13.6. The summed E-state index contributed by atoms with van der Waals surface area (Å²) in [6.07, 6.45) is 2.88. The Balaban J connectivity index is 2.92. The number of alkyl halides is 1. The molecule has 4 heteroatoms. The van der Waals surface area contributed by atoms with Crippen LogP contribution in [-0.4, -0.2) is 5.88 Å². The van der Waals surface area contributed by atoms with Crippen molar-refractivity contribution in [3.05, 3.63) is 45.5 Å². The van der Waals surface area contributed by atoms with E-state index in [1.165, 1.54) is 12.1 Å². The fraction of sp³-hybridized carbons (Fsp3) is 0.333. The summed E-state index contributed by atoms with van der Waals surface area (Å²) in [5.74, 6) is -0.529. The third kappa shape index (κ3) is 3.56. The van der Waals surface area contributed by atoms with Crippen LogP contribution in [-0.2, 0) is 6.42 Å². The van der Waals surface area contributed by atoms with Crippen molar-refractivity contribution >= 4 is 27.5 Å². The molecule has 0 aliphatic rings. The van der Waals surface area contributed by atoms with Gasteiger partial charge in [0, 0.05) is 11.4 Å². The number of hydrogen-bond donors (Lipinski definition) is 0. The predicted molar refractivity (Wildman–Crippen MR) is 66.9 cm³/mol. The number of hydrogen-bond acceptors (Lipinski definition) is 0. The Bertz CT molecular complexity index is 402. The standard InChI is InChI=1S/C12H12BrClF2/c1-8(3-2-6-14)7-9-11(15)5-4-10(13)12(9)16/h3-5H,2,6-7H2,1H3/b8-3-. The molecule has 1 rings (SSSR count). The van der Waals surface area contributed by atoms with Crippen molar-refractivity contribution in [2.45, 2.75) is 19.8 Å². The Morgan fingerprint density at radius 3 is 2.75 bits per heavy atom. The quantitative estimate of drug-likeness (QED) is 0.424. The van der Waals surface area contributed by atoms with Crippen LogP contribution >= 0.6 is 27.5 Å². The van der Waals surface area contributed by atoms with E-state index >= 15 is 0 Å². The third-order valence-corrected chi connectivity index (χ3v) is 3.03. The van der Waals surface area contributed by atoms with E-state index in [1.807, 2.05) is 13.0 Å². The molecule has 0 N–H and O–H groups in total. The Labute approximate surface area is 107 Å². The lowest BCUT2D eigenvalue weighted by molar-refractivity contribution is 0.556. The largest absolute Gasteiger partial charge is 0.207 e. The van der Waals surface area contributed by atoms with E-state index in [9.17, 15) is 8.78 Å². The van der Waals surface area contributed by atoms with Gasteiger partial charge in [0.15, 0.2) is 0 Å². The smallest absolute Gasteiger partial charge is 0.143 e. The van der Waals surface area contributed by atoms with Crippen molar-refractivity contribution in [3.8, 4) is 0 Å². The summed E-state index contributed by atoms with van der Waals surface area (Å²) in [6.45, 7) is 1.84. The molecule has 0 unspecified atom stereocenters. The van der Waals surface area contributed by atoms with E-state index in [1.54, 1.807) is 0 Å². The summed E-state index contributed by atoms with van der Waals surface area (Å²) in [5, 5.41) is 0. The number of halogens is 4. The molecule has 1 aromatic rings. The van der Waals surface area contributed by atoms with Gasteiger partial charge in [0.05, 0.1) is 4.47 Å². The van der Waals surface area contributed by atoms with Crippen LogP contribution in [0.25, 0.3) is 0 Å². The monoisotopic (exact) mass is 308 g/mol. The lowest BCUT2D eigenvalue weighted by Gasteiger charge is -2.06. The van der Waals surface area contributed by atoms with Gasteiger partial charge < -0.3 is 0 Å². The van der Waals surface area contributed by atoms with Crippen LogP contribution in [0.5, 0.6) is 0 Å². The molecular formula is C12H12BrClF2. The van der Waals surface area contributed by atoms with Gasteiger partial charge in [-0.05, 0) is 47.8 Å². The van der Waals surface area contributed by atoms with E-state index in [-0.39, 0.29) is 16.5 Å². The Hall–Kier alpha value is -0.410. The van der Waals surface area contributed by atoms with Gasteiger partial charge in [0.2, 0.25) is 0 Å². The first-order valence-corrected chi connectivity index (χ1v) is 6.23. The van der Waals surface area contributed by atoms with Gasteiger partial charge in [-0.25, -0.2) is 8.78 Å². The molecule has 88 valence electrons.